The number of carboxylic acids is 1. The van der Waals surface area contributed by atoms with E-state index in [4.69, 9.17) is 10.4 Å². The molecule has 0 amide bonds. The van der Waals surface area contributed by atoms with Crippen molar-refractivity contribution in [2.45, 2.75) is 32.9 Å². The average Bonchev–Trinajstić information content (AvgIpc) is 2.41. The Balaban J connectivity index is 2.78. The minimum absolute atomic E-state index is 0.363. The van der Waals surface area contributed by atoms with Crippen LogP contribution in [0.3, 0.4) is 0 Å². The van der Waals surface area contributed by atoms with Crippen LogP contribution in [0.5, 0.6) is 0 Å². The van der Waals surface area contributed by atoms with Crippen molar-refractivity contribution in [2.24, 2.45) is 0 Å². The van der Waals surface area contributed by atoms with Crippen LogP contribution in [0.1, 0.15) is 31.4 Å². The van der Waals surface area contributed by atoms with Gasteiger partial charge in [0.05, 0.1) is 6.07 Å². The number of rotatable bonds is 7. The van der Waals surface area contributed by atoms with Gasteiger partial charge in [-0.1, -0.05) is 24.3 Å². The second-order valence-corrected chi connectivity index (χ2v) is 4.89. The van der Waals surface area contributed by atoms with Gasteiger partial charge < -0.3 is 5.11 Å². The van der Waals surface area contributed by atoms with Crippen molar-refractivity contribution in [3.63, 3.8) is 0 Å². The van der Waals surface area contributed by atoms with Crippen molar-refractivity contribution in [3.8, 4) is 6.07 Å². The zero-order valence-corrected chi connectivity index (χ0v) is 11.9. The van der Waals surface area contributed by atoms with Crippen LogP contribution in [0.4, 0.5) is 0 Å². The number of nitriles is 1. The number of aliphatic carboxylic acids is 1. The molecule has 0 unspecified atom stereocenters. The maximum Gasteiger partial charge on any atom is 0.328 e. The minimum atomic E-state index is -0.951. The van der Waals surface area contributed by atoms with Crippen LogP contribution in [0.2, 0.25) is 0 Å². The molecule has 4 heteroatoms. The molecule has 4 nitrogen and oxygen atoms in total. The molecule has 0 heterocycles. The van der Waals surface area contributed by atoms with Crippen LogP contribution < -0.4 is 0 Å². The first kappa shape index (κ1) is 15.9. The molecule has 106 valence electrons. The Hall–Kier alpha value is -2.12. The SMILES string of the molecule is CC(C)N(CCC#N)Cc1cccc(C=CC(=O)O)c1. The lowest BCUT2D eigenvalue weighted by Gasteiger charge is -2.25. The van der Waals surface area contributed by atoms with Gasteiger partial charge in [-0.05, 0) is 31.1 Å². The van der Waals surface area contributed by atoms with Crippen LogP contribution in [0.15, 0.2) is 30.3 Å². The summed E-state index contributed by atoms with van der Waals surface area (Å²) in [5, 5.41) is 17.3. The van der Waals surface area contributed by atoms with E-state index in [2.05, 4.69) is 24.8 Å². The van der Waals surface area contributed by atoms with Gasteiger partial charge >= 0.3 is 5.97 Å². The van der Waals surface area contributed by atoms with Crippen molar-refractivity contribution < 1.29 is 9.90 Å². The first-order valence-electron chi connectivity index (χ1n) is 6.64. The van der Waals surface area contributed by atoms with Gasteiger partial charge in [-0.25, -0.2) is 4.79 Å². The predicted molar refractivity (Wildman–Crippen MR) is 78.9 cm³/mol. The van der Waals surface area contributed by atoms with Crippen LogP contribution in [0.25, 0.3) is 6.08 Å². The first-order valence-corrected chi connectivity index (χ1v) is 6.64. The van der Waals surface area contributed by atoms with Crippen molar-refractivity contribution in [1.29, 1.82) is 5.26 Å². The van der Waals surface area contributed by atoms with E-state index in [1.54, 1.807) is 6.08 Å². The van der Waals surface area contributed by atoms with Crippen molar-refractivity contribution >= 4 is 12.0 Å². The van der Waals surface area contributed by atoms with Gasteiger partial charge in [-0.15, -0.1) is 0 Å². The van der Waals surface area contributed by atoms with E-state index < -0.39 is 5.97 Å². The van der Waals surface area contributed by atoms with E-state index in [-0.39, 0.29) is 0 Å². The summed E-state index contributed by atoms with van der Waals surface area (Å²) in [6.45, 7) is 5.70. The number of hydrogen-bond acceptors (Lipinski definition) is 3. The fourth-order valence-electron chi connectivity index (χ4n) is 1.91. The molecule has 1 rings (SSSR count). The topological polar surface area (TPSA) is 64.3 Å². The van der Waals surface area contributed by atoms with E-state index in [0.29, 0.717) is 12.5 Å². The van der Waals surface area contributed by atoms with Gasteiger partial charge in [0.25, 0.3) is 0 Å². The number of carboxylic acid groups (broad SMARTS) is 1. The average molecular weight is 272 g/mol. The molecule has 1 N–H and O–H groups in total. The molecule has 0 saturated carbocycles. The Labute approximate surface area is 119 Å². The number of benzene rings is 1. The summed E-state index contributed by atoms with van der Waals surface area (Å²) < 4.78 is 0. The third kappa shape index (κ3) is 5.68. The third-order valence-corrected chi connectivity index (χ3v) is 3.00. The lowest BCUT2D eigenvalue weighted by atomic mass is 10.1. The number of hydrogen-bond donors (Lipinski definition) is 1. The van der Waals surface area contributed by atoms with Crippen molar-refractivity contribution in [2.75, 3.05) is 6.54 Å². The monoisotopic (exact) mass is 272 g/mol. The highest BCUT2D eigenvalue weighted by Crippen LogP contribution is 2.12. The largest absolute Gasteiger partial charge is 0.478 e. The van der Waals surface area contributed by atoms with E-state index in [9.17, 15) is 4.79 Å². The molecule has 0 atom stereocenters. The summed E-state index contributed by atoms with van der Waals surface area (Å²) in [4.78, 5) is 12.7. The van der Waals surface area contributed by atoms with Crippen LogP contribution in [-0.4, -0.2) is 28.6 Å². The molecule has 0 bridgehead atoms. The minimum Gasteiger partial charge on any atom is -0.478 e. The molecule has 0 radical (unpaired) electrons. The molecule has 1 aromatic rings. The lowest BCUT2D eigenvalue weighted by molar-refractivity contribution is -0.131. The Morgan fingerprint density at radius 1 is 1.50 bits per heavy atom. The molecule has 0 aliphatic rings. The second kappa shape index (κ2) is 8.13. The fraction of sp³-hybridized carbons (Fsp3) is 0.375. The number of carbonyl (C=O) groups is 1. The molecule has 0 spiro atoms. The zero-order valence-electron chi connectivity index (χ0n) is 11.9. The summed E-state index contributed by atoms with van der Waals surface area (Å²) in [6.07, 6.45) is 3.23. The van der Waals surface area contributed by atoms with Crippen LogP contribution in [0, 0.1) is 11.3 Å². The molecular weight excluding hydrogens is 252 g/mol. The van der Waals surface area contributed by atoms with Gasteiger partial charge in [-0.2, -0.15) is 5.26 Å². The smallest absolute Gasteiger partial charge is 0.328 e. The maximum absolute atomic E-state index is 10.5. The second-order valence-electron chi connectivity index (χ2n) is 4.89. The summed E-state index contributed by atoms with van der Waals surface area (Å²) in [5.74, 6) is -0.951. The van der Waals surface area contributed by atoms with Crippen LogP contribution in [-0.2, 0) is 11.3 Å². The highest BCUT2D eigenvalue weighted by Gasteiger charge is 2.09. The number of nitrogens with zero attached hydrogens (tertiary/aromatic N) is 2. The predicted octanol–water partition coefficient (Wildman–Crippen LogP) is 2.91. The van der Waals surface area contributed by atoms with Gasteiger partial charge in [0, 0.05) is 31.6 Å². The molecule has 0 aliphatic heterocycles. The highest BCUT2D eigenvalue weighted by molar-refractivity contribution is 5.85. The van der Waals surface area contributed by atoms with Gasteiger partial charge in [0.15, 0.2) is 0 Å². The van der Waals surface area contributed by atoms with Crippen molar-refractivity contribution in [1.82, 2.24) is 4.90 Å². The zero-order chi connectivity index (χ0) is 15.0. The van der Waals surface area contributed by atoms with E-state index in [1.165, 1.54) is 0 Å². The van der Waals surface area contributed by atoms with E-state index in [1.807, 2.05) is 24.3 Å². The normalized spacial score (nSPS) is 11.2. The third-order valence-electron chi connectivity index (χ3n) is 3.00. The Kier molecular flexibility index (Phi) is 6.48. The summed E-state index contributed by atoms with van der Waals surface area (Å²) >= 11 is 0. The van der Waals surface area contributed by atoms with Gasteiger partial charge in [-0.3, -0.25) is 4.90 Å². The summed E-state index contributed by atoms with van der Waals surface area (Å²) in [7, 11) is 0. The molecular formula is C16H20N2O2. The highest BCUT2D eigenvalue weighted by atomic mass is 16.4. The molecule has 20 heavy (non-hydrogen) atoms. The molecule has 0 fully saturated rings. The Morgan fingerprint density at radius 3 is 2.85 bits per heavy atom. The van der Waals surface area contributed by atoms with Crippen molar-refractivity contribution in [3.05, 3.63) is 41.5 Å². The summed E-state index contributed by atoms with van der Waals surface area (Å²) in [6, 6.07) is 10.3. The van der Waals surface area contributed by atoms with Gasteiger partial charge in [0.1, 0.15) is 0 Å². The fourth-order valence-corrected chi connectivity index (χ4v) is 1.91. The first-order chi connectivity index (χ1) is 9.52. The van der Waals surface area contributed by atoms with Gasteiger partial charge in [0.2, 0.25) is 0 Å². The molecule has 0 aromatic heterocycles. The Morgan fingerprint density at radius 2 is 2.25 bits per heavy atom. The lowest BCUT2D eigenvalue weighted by Crippen LogP contribution is -2.31. The van der Waals surface area contributed by atoms with E-state index >= 15 is 0 Å². The van der Waals surface area contributed by atoms with Crippen LogP contribution >= 0.6 is 0 Å². The molecule has 0 saturated heterocycles. The molecule has 1 aromatic carbocycles. The quantitative estimate of drug-likeness (QED) is 0.775. The van der Waals surface area contributed by atoms with E-state index in [0.717, 1.165) is 30.3 Å². The maximum atomic E-state index is 10.5. The molecule has 0 aliphatic carbocycles. The standard InChI is InChI=1S/C16H20N2O2/c1-13(2)18(10-4-9-17)12-15-6-3-5-14(11-15)7-8-16(19)20/h3,5-8,11,13H,4,10,12H2,1-2H3,(H,19,20). The summed E-state index contributed by atoms with van der Waals surface area (Å²) in [5.41, 5.74) is 1.98. The Bertz CT molecular complexity index is 515.